The lowest BCUT2D eigenvalue weighted by molar-refractivity contribution is -0.114. The second-order valence-corrected chi connectivity index (χ2v) is 10.2. The second kappa shape index (κ2) is 11.6. The van der Waals surface area contributed by atoms with Crippen molar-refractivity contribution in [3.63, 3.8) is 0 Å². The Morgan fingerprint density at radius 3 is 2.53 bits per heavy atom. The molecule has 11 nitrogen and oxygen atoms in total. The molecule has 220 valence electrons. The summed E-state index contributed by atoms with van der Waals surface area (Å²) in [5.41, 5.74) is 1.76. The van der Waals surface area contributed by atoms with Gasteiger partial charge in [0.15, 0.2) is 22.9 Å². The largest absolute Gasteiger partial charge is 0.436 e. The third kappa shape index (κ3) is 5.67. The molecule has 43 heavy (non-hydrogen) atoms. The highest BCUT2D eigenvalue weighted by atomic mass is 19.3. The molecule has 0 aliphatic carbocycles. The SMILES string of the molecule is CC(=O)Nc1ccc2oc(-c3ccnc(C(=O)N4CCC(C(c5ccccc5)c5nnn(C(F)F)n5)CC4)c3F)nc2c1. The average molecular weight is 591 g/mol. The van der Waals surface area contributed by atoms with Gasteiger partial charge in [-0.1, -0.05) is 35.1 Å². The number of anilines is 1. The van der Waals surface area contributed by atoms with Gasteiger partial charge in [-0.25, -0.2) is 14.4 Å². The van der Waals surface area contributed by atoms with Gasteiger partial charge < -0.3 is 14.6 Å². The summed E-state index contributed by atoms with van der Waals surface area (Å²) in [4.78, 5) is 35.0. The van der Waals surface area contributed by atoms with Crippen LogP contribution in [-0.2, 0) is 4.79 Å². The molecule has 1 atom stereocenters. The molecule has 6 rings (SSSR count). The molecular weight excluding hydrogens is 565 g/mol. The Hall–Kier alpha value is -5.14. The normalized spacial score (nSPS) is 14.8. The fraction of sp³-hybridized carbons (Fsp3) is 0.276. The van der Waals surface area contributed by atoms with Crippen molar-refractivity contribution < 1.29 is 27.2 Å². The standard InChI is InChI=1S/C29H25F3N8O3/c1-16(41)34-19-7-8-22-21(15-19)35-27(43-22)20-9-12-33-25(24(20)30)28(42)39-13-10-18(11-14-39)23(17-5-3-2-4-6-17)26-36-38-40(37-26)29(31)32/h2-9,12,15,18,23,29H,10-11,13-14H2,1H3,(H,34,41). The minimum absolute atomic E-state index is 0.0251. The Kier molecular flexibility index (Phi) is 7.57. The number of alkyl halides is 2. The van der Waals surface area contributed by atoms with Gasteiger partial charge in [-0.3, -0.25) is 9.59 Å². The van der Waals surface area contributed by atoms with Crippen LogP contribution in [0.25, 0.3) is 22.6 Å². The third-order valence-corrected chi connectivity index (χ3v) is 7.38. The highest BCUT2D eigenvalue weighted by Gasteiger charge is 2.35. The topological polar surface area (TPSA) is 132 Å². The molecule has 0 bridgehead atoms. The van der Waals surface area contributed by atoms with Crippen LogP contribution in [0.5, 0.6) is 0 Å². The van der Waals surface area contributed by atoms with E-state index in [1.54, 1.807) is 18.2 Å². The molecule has 1 fully saturated rings. The van der Waals surface area contributed by atoms with Gasteiger partial charge >= 0.3 is 6.55 Å². The maximum atomic E-state index is 15.7. The van der Waals surface area contributed by atoms with E-state index in [4.69, 9.17) is 4.42 Å². The maximum absolute atomic E-state index is 15.7. The van der Waals surface area contributed by atoms with Crippen LogP contribution in [0.2, 0.25) is 0 Å². The molecule has 0 radical (unpaired) electrons. The molecule has 3 aromatic heterocycles. The van der Waals surface area contributed by atoms with E-state index < -0.39 is 24.2 Å². The lowest BCUT2D eigenvalue weighted by Crippen LogP contribution is -2.40. The molecule has 4 heterocycles. The van der Waals surface area contributed by atoms with Crippen LogP contribution in [0.15, 0.2) is 65.2 Å². The summed E-state index contributed by atoms with van der Waals surface area (Å²) >= 11 is 0. The molecule has 0 spiro atoms. The van der Waals surface area contributed by atoms with Crippen molar-refractivity contribution in [2.45, 2.75) is 32.2 Å². The fourth-order valence-corrected chi connectivity index (χ4v) is 5.40. The van der Waals surface area contributed by atoms with Gasteiger partial charge in [-0.15, -0.1) is 10.2 Å². The molecule has 1 unspecified atom stereocenters. The summed E-state index contributed by atoms with van der Waals surface area (Å²) in [6, 6.07) is 15.5. The van der Waals surface area contributed by atoms with Crippen LogP contribution in [0.4, 0.5) is 18.9 Å². The number of tetrazole rings is 1. The minimum atomic E-state index is -2.91. The van der Waals surface area contributed by atoms with Crippen LogP contribution >= 0.6 is 0 Å². The lowest BCUT2D eigenvalue weighted by Gasteiger charge is -2.35. The van der Waals surface area contributed by atoms with E-state index in [0.717, 1.165) is 5.56 Å². The van der Waals surface area contributed by atoms with E-state index in [9.17, 15) is 18.4 Å². The summed E-state index contributed by atoms with van der Waals surface area (Å²) < 4.78 is 47.8. The van der Waals surface area contributed by atoms with Gasteiger partial charge in [0, 0.05) is 31.9 Å². The van der Waals surface area contributed by atoms with Crippen LogP contribution in [-0.4, -0.2) is 60.0 Å². The minimum Gasteiger partial charge on any atom is -0.436 e. The Morgan fingerprint density at radius 1 is 1.07 bits per heavy atom. The molecule has 1 saturated heterocycles. The first kappa shape index (κ1) is 28.0. The van der Waals surface area contributed by atoms with Gasteiger partial charge in [-0.2, -0.15) is 8.78 Å². The predicted octanol–water partition coefficient (Wildman–Crippen LogP) is 5.05. The quantitative estimate of drug-likeness (QED) is 0.279. The van der Waals surface area contributed by atoms with Gasteiger partial charge in [0.25, 0.3) is 5.91 Å². The molecule has 2 aromatic carbocycles. The number of pyridine rings is 1. The number of piperidine rings is 1. The first-order valence-corrected chi connectivity index (χ1v) is 13.5. The smallest absolute Gasteiger partial charge is 0.350 e. The van der Waals surface area contributed by atoms with Crippen molar-refractivity contribution in [1.29, 1.82) is 0 Å². The van der Waals surface area contributed by atoms with Crippen molar-refractivity contribution in [1.82, 2.24) is 35.1 Å². The predicted molar refractivity (Wildman–Crippen MR) is 147 cm³/mol. The van der Waals surface area contributed by atoms with E-state index in [-0.39, 0.29) is 52.7 Å². The van der Waals surface area contributed by atoms with Crippen molar-refractivity contribution in [3.8, 4) is 11.5 Å². The number of halogens is 3. The van der Waals surface area contributed by atoms with E-state index in [1.807, 2.05) is 30.3 Å². The molecular formula is C29H25F3N8O3. The van der Waals surface area contributed by atoms with Gasteiger partial charge in [0.2, 0.25) is 11.8 Å². The number of hydrogen-bond donors (Lipinski definition) is 1. The Labute approximate surface area is 242 Å². The number of oxazole rings is 1. The zero-order valence-corrected chi connectivity index (χ0v) is 22.8. The zero-order valence-electron chi connectivity index (χ0n) is 22.8. The molecule has 1 aliphatic rings. The number of benzene rings is 2. The maximum Gasteiger partial charge on any atom is 0.350 e. The number of nitrogens with zero attached hydrogens (tertiary/aromatic N) is 7. The van der Waals surface area contributed by atoms with Crippen molar-refractivity contribution >= 4 is 28.6 Å². The summed E-state index contributed by atoms with van der Waals surface area (Å²) in [7, 11) is 0. The van der Waals surface area contributed by atoms with Crippen LogP contribution in [0.1, 0.15) is 54.1 Å². The number of nitrogens with one attached hydrogen (secondary N) is 1. The van der Waals surface area contributed by atoms with Gasteiger partial charge in [0.05, 0.1) is 11.5 Å². The highest BCUT2D eigenvalue weighted by molar-refractivity contribution is 5.94. The Morgan fingerprint density at radius 2 is 1.84 bits per heavy atom. The second-order valence-electron chi connectivity index (χ2n) is 10.2. The molecule has 14 heteroatoms. The summed E-state index contributed by atoms with van der Waals surface area (Å²) in [6.45, 7) is -0.953. The molecule has 1 aliphatic heterocycles. The molecule has 1 N–H and O–H groups in total. The number of carbonyl (C=O) groups is 2. The van der Waals surface area contributed by atoms with E-state index in [0.29, 0.717) is 29.6 Å². The number of aromatic nitrogens is 6. The Bertz CT molecular complexity index is 1780. The first-order valence-electron chi connectivity index (χ1n) is 13.5. The summed E-state index contributed by atoms with van der Waals surface area (Å²) in [5.74, 6) is -2.03. The summed E-state index contributed by atoms with van der Waals surface area (Å²) in [5, 5.41) is 14.0. The number of amides is 2. The Balaban J connectivity index is 1.21. The van der Waals surface area contributed by atoms with Gasteiger partial charge in [0.1, 0.15) is 5.52 Å². The molecule has 5 aromatic rings. The van der Waals surface area contributed by atoms with Crippen LogP contribution in [0.3, 0.4) is 0 Å². The van der Waals surface area contributed by atoms with E-state index in [2.05, 4.69) is 30.7 Å². The zero-order chi connectivity index (χ0) is 30.1. The monoisotopic (exact) mass is 590 g/mol. The third-order valence-electron chi connectivity index (χ3n) is 7.38. The highest BCUT2D eigenvalue weighted by Crippen LogP contribution is 2.37. The number of fused-ring (bicyclic) bond motifs is 1. The number of hydrogen-bond acceptors (Lipinski definition) is 8. The van der Waals surface area contributed by atoms with Gasteiger partial charge in [-0.05, 0) is 53.8 Å². The van der Waals surface area contributed by atoms with Crippen molar-refractivity contribution in [2.75, 3.05) is 18.4 Å². The molecule has 2 amide bonds. The van der Waals surface area contributed by atoms with Crippen LogP contribution in [0, 0.1) is 11.7 Å². The fourth-order valence-electron chi connectivity index (χ4n) is 5.40. The average Bonchev–Trinajstić information content (AvgIpc) is 3.65. The number of carbonyl (C=O) groups excluding carboxylic acids is 2. The summed E-state index contributed by atoms with van der Waals surface area (Å²) in [6.07, 6.45) is 2.31. The lowest BCUT2D eigenvalue weighted by atomic mass is 9.79. The van der Waals surface area contributed by atoms with Crippen molar-refractivity contribution in [2.24, 2.45) is 5.92 Å². The number of rotatable bonds is 7. The number of likely N-dealkylation sites (tertiary alicyclic amines) is 1. The van der Waals surface area contributed by atoms with E-state index >= 15 is 4.39 Å². The van der Waals surface area contributed by atoms with E-state index in [1.165, 1.54) is 24.1 Å². The van der Waals surface area contributed by atoms with Crippen molar-refractivity contribution in [3.05, 3.63) is 83.7 Å². The molecule has 0 saturated carbocycles. The first-order chi connectivity index (χ1) is 20.8. The van der Waals surface area contributed by atoms with Crippen LogP contribution < -0.4 is 5.32 Å².